The number of piperidine rings is 3. The number of hydrogen-bond donors (Lipinski definition) is 0. The molecule has 0 amide bonds. The molecule has 0 N–H and O–H groups in total. The fourth-order valence-electron chi connectivity index (χ4n) is 3.06. The minimum Gasteiger partial charge on any atom is -0.662 e. The Morgan fingerprint density at radius 2 is 0.800 bits per heavy atom. The van der Waals surface area contributed by atoms with E-state index in [1.807, 2.05) is 0 Å². The molecule has 0 bridgehead atoms. The number of nitrogens with zero attached hydrogens (tertiary/aromatic N) is 5. The van der Waals surface area contributed by atoms with Crippen molar-refractivity contribution in [2.45, 2.75) is 51.4 Å². The van der Waals surface area contributed by atoms with Gasteiger partial charge < -0.3 is 32.2 Å². The molecule has 9 heteroatoms. The summed E-state index contributed by atoms with van der Waals surface area (Å²) in [6, 6.07) is 0. The van der Waals surface area contributed by atoms with Gasteiger partial charge in [-0.15, -0.1) is 39.3 Å². The van der Waals surface area contributed by atoms with E-state index in [9.17, 15) is 0 Å². The van der Waals surface area contributed by atoms with Crippen molar-refractivity contribution in [3.63, 3.8) is 0 Å². The number of hydrogen-bond acceptors (Lipinski definition) is 2. The third kappa shape index (κ3) is 28.2. The third-order valence-electron chi connectivity index (χ3n) is 4.97. The zero-order valence-corrected chi connectivity index (χ0v) is 24.9. The summed E-state index contributed by atoms with van der Waals surface area (Å²) >= 11 is 0. The molecule has 4 aliphatic rings. The quantitative estimate of drug-likeness (QED) is 0.409. The first-order valence-electron chi connectivity index (χ1n) is 10.9. The van der Waals surface area contributed by atoms with Crippen molar-refractivity contribution in [2.75, 3.05) is 79.5 Å². The molecule has 176 valence electrons. The molecule has 4 radical (unpaired) electrons. The minimum atomic E-state index is 0. The predicted molar refractivity (Wildman–Crippen MR) is 116 cm³/mol. The van der Waals surface area contributed by atoms with E-state index in [1.165, 1.54) is 64.5 Å². The largest absolute Gasteiger partial charge is 0.662 e. The van der Waals surface area contributed by atoms with Crippen LogP contribution in [0.4, 0.5) is 0 Å². The van der Waals surface area contributed by atoms with Crippen LogP contribution >= 0.6 is 0 Å². The van der Waals surface area contributed by atoms with E-state index in [1.54, 1.807) is 0 Å². The number of likely N-dealkylation sites (N-methyl/N-ethyl adjacent to an activating group) is 1. The third-order valence-corrected chi connectivity index (χ3v) is 4.97. The molecule has 0 spiro atoms. The average Bonchev–Trinajstić information content (AvgIpc) is 2.73. The Hall–Kier alpha value is 2.14. The van der Waals surface area contributed by atoms with E-state index in [2.05, 4.69) is 46.3 Å². The Balaban J connectivity index is -0.000000144. The summed E-state index contributed by atoms with van der Waals surface area (Å²) in [5.74, 6) is 0. The Kier molecular flexibility index (Phi) is 40.8. The van der Waals surface area contributed by atoms with E-state index >= 15 is 0 Å². The van der Waals surface area contributed by atoms with Crippen LogP contribution in [0.2, 0.25) is 0 Å². The van der Waals surface area contributed by atoms with E-state index in [4.69, 9.17) is 0 Å². The van der Waals surface area contributed by atoms with Gasteiger partial charge in [0.15, 0.2) is 0 Å². The van der Waals surface area contributed by atoms with Gasteiger partial charge in [0, 0.05) is 74.2 Å². The monoisotopic (exact) mass is 569 g/mol. The molecular formula is C21H43N5V4-4. The second-order valence-electron chi connectivity index (χ2n) is 7.61. The average molecular weight is 569 g/mol. The van der Waals surface area contributed by atoms with Gasteiger partial charge in [-0.2, -0.15) is 12.8 Å². The molecular weight excluding hydrogens is 526 g/mol. The Morgan fingerprint density at radius 1 is 0.467 bits per heavy atom. The minimum absolute atomic E-state index is 0. The van der Waals surface area contributed by atoms with Crippen LogP contribution in [0.5, 0.6) is 0 Å². The Morgan fingerprint density at radius 3 is 0.967 bits per heavy atom. The smallest absolute Gasteiger partial charge is 0 e. The second kappa shape index (κ2) is 31.1. The molecule has 0 aliphatic carbocycles. The van der Waals surface area contributed by atoms with Crippen LogP contribution in [0.1, 0.15) is 51.4 Å². The first kappa shape index (κ1) is 39.4. The van der Waals surface area contributed by atoms with E-state index in [0.29, 0.717) is 0 Å². The van der Waals surface area contributed by atoms with E-state index < -0.39 is 0 Å². The number of rotatable bonds is 0. The topological polar surface area (TPSA) is 48.8 Å². The molecule has 0 aromatic carbocycles. The first-order chi connectivity index (χ1) is 12.8. The van der Waals surface area contributed by atoms with Crippen LogP contribution in [0.15, 0.2) is 0 Å². The Labute approximate surface area is 235 Å². The summed E-state index contributed by atoms with van der Waals surface area (Å²) in [6.07, 6.45) is 13.1. The summed E-state index contributed by atoms with van der Waals surface area (Å²) in [5, 5.41) is 12.5. The van der Waals surface area contributed by atoms with Crippen molar-refractivity contribution in [2.24, 2.45) is 0 Å². The molecule has 0 unspecified atom stereocenters. The summed E-state index contributed by atoms with van der Waals surface area (Å²) in [6.45, 7) is 11.4. The molecule has 4 fully saturated rings. The fraction of sp³-hybridized carbons (Fsp3) is 0.952. The van der Waals surface area contributed by atoms with Gasteiger partial charge in [0.2, 0.25) is 0 Å². The fourth-order valence-corrected chi connectivity index (χ4v) is 3.06. The number of likely N-dealkylation sites (tertiary alicyclic amines) is 1. The van der Waals surface area contributed by atoms with Gasteiger partial charge in [0.1, 0.15) is 0 Å². The molecule has 0 saturated carbocycles. The molecule has 0 atom stereocenters. The summed E-state index contributed by atoms with van der Waals surface area (Å²) in [5.41, 5.74) is 0. The standard InChI is InChI=1S/C6H12N.C5H11N2.2C5H10N.4V/c1-7-5-3-2-4-6-7;1-7-4-2-6-3-5-7;2*1-2-4-6-5-3-1;;;;/h2H,3-6H2,1H3;2-5H2,1H3;2*1-5H2;;;;/q4*-1;;;;. The molecule has 30 heavy (non-hydrogen) atoms. The molecule has 4 aliphatic heterocycles. The van der Waals surface area contributed by atoms with Crippen LogP contribution in [-0.4, -0.2) is 89.3 Å². The van der Waals surface area contributed by atoms with Crippen molar-refractivity contribution in [3.8, 4) is 0 Å². The van der Waals surface area contributed by atoms with E-state index in [0.717, 1.165) is 52.4 Å². The molecule has 0 aromatic rings. The summed E-state index contributed by atoms with van der Waals surface area (Å²) in [4.78, 5) is 4.66. The normalized spacial score (nSPS) is 21.4. The van der Waals surface area contributed by atoms with Crippen LogP contribution in [0.3, 0.4) is 0 Å². The van der Waals surface area contributed by atoms with Crippen molar-refractivity contribution >= 4 is 0 Å². The molecule has 4 rings (SSSR count). The molecule has 5 nitrogen and oxygen atoms in total. The van der Waals surface area contributed by atoms with Crippen LogP contribution in [0.25, 0.3) is 16.0 Å². The van der Waals surface area contributed by atoms with Gasteiger partial charge in [-0.1, -0.05) is 38.5 Å². The maximum absolute atomic E-state index is 4.19. The van der Waals surface area contributed by atoms with Gasteiger partial charge in [-0.3, -0.25) is 0 Å². The van der Waals surface area contributed by atoms with Gasteiger partial charge in [-0.25, -0.2) is 0 Å². The zero-order valence-electron chi connectivity index (χ0n) is 19.3. The van der Waals surface area contributed by atoms with E-state index in [-0.39, 0.29) is 74.2 Å². The molecule has 4 heterocycles. The SMILES string of the molecule is C1CC[N-]CC1.C1CC[N-]CC1.CN1CC[CH-]CC1.CN1CC[N-]CC1.[V].[V].[V].[V]. The van der Waals surface area contributed by atoms with Crippen molar-refractivity contribution in [1.82, 2.24) is 9.80 Å². The summed E-state index contributed by atoms with van der Waals surface area (Å²) < 4.78 is 0. The van der Waals surface area contributed by atoms with Crippen LogP contribution < -0.4 is 0 Å². The Bertz CT molecular complexity index is 234. The van der Waals surface area contributed by atoms with Gasteiger partial charge in [0.05, 0.1) is 0 Å². The van der Waals surface area contributed by atoms with Crippen LogP contribution in [0, 0.1) is 6.42 Å². The zero-order chi connectivity index (χ0) is 18.7. The second-order valence-corrected chi connectivity index (χ2v) is 7.61. The van der Waals surface area contributed by atoms with Crippen molar-refractivity contribution in [3.05, 3.63) is 22.4 Å². The van der Waals surface area contributed by atoms with Gasteiger partial charge in [-0.05, 0) is 40.3 Å². The van der Waals surface area contributed by atoms with Gasteiger partial charge in [0.25, 0.3) is 0 Å². The van der Waals surface area contributed by atoms with Crippen molar-refractivity contribution < 1.29 is 74.2 Å². The van der Waals surface area contributed by atoms with Gasteiger partial charge >= 0.3 is 0 Å². The van der Waals surface area contributed by atoms with Crippen molar-refractivity contribution in [1.29, 1.82) is 0 Å². The molecule has 4 saturated heterocycles. The first-order valence-corrected chi connectivity index (χ1v) is 10.9. The number of piperazine rings is 1. The molecule has 0 aromatic heterocycles. The maximum atomic E-state index is 4.19. The summed E-state index contributed by atoms with van der Waals surface area (Å²) in [7, 11) is 4.31. The predicted octanol–water partition coefficient (Wildman–Crippen LogP) is 4.30. The van der Waals surface area contributed by atoms with Crippen LogP contribution in [-0.2, 0) is 74.2 Å². The maximum Gasteiger partial charge on any atom is 0 e.